The molecule has 0 aromatic heterocycles. The molecule has 4 nitrogen and oxygen atoms in total. The van der Waals surface area contributed by atoms with Crippen molar-refractivity contribution >= 4 is 6.03 Å². The molecule has 1 fully saturated rings. The van der Waals surface area contributed by atoms with Crippen molar-refractivity contribution < 1.29 is 4.79 Å². The van der Waals surface area contributed by atoms with Crippen molar-refractivity contribution in [1.29, 1.82) is 0 Å². The molecule has 1 saturated heterocycles. The Morgan fingerprint density at radius 2 is 2.19 bits per heavy atom. The average molecular weight is 219 g/mol. The second kappa shape index (κ2) is 4.14. The summed E-state index contributed by atoms with van der Waals surface area (Å²) >= 11 is 0. The highest BCUT2D eigenvalue weighted by Crippen LogP contribution is 2.28. The van der Waals surface area contributed by atoms with Gasteiger partial charge < -0.3 is 16.4 Å². The van der Waals surface area contributed by atoms with Crippen molar-refractivity contribution in [2.45, 2.75) is 25.4 Å². The first-order chi connectivity index (χ1) is 7.65. The van der Waals surface area contributed by atoms with Crippen LogP contribution in [0.5, 0.6) is 0 Å². The molecule has 0 spiro atoms. The zero-order chi connectivity index (χ0) is 11.6. The van der Waals surface area contributed by atoms with E-state index in [0.29, 0.717) is 13.1 Å². The van der Waals surface area contributed by atoms with Crippen molar-refractivity contribution in [3.8, 4) is 0 Å². The Morgan fingerprint density at radius 3 is 2.88 bits per heavy atom. The van der Waals surface area contributed by atoms with Gasteiger partial charge in [0.15, 0.2) is 0 Å². The summed E-state index contributed by atoms with van der Waals surface area (Å²) in [5.41, 5.74) is 7.62. The van der Waals surface area contributed by atoms with Crippen LogP contribution in [0.3, 0.4) is 0 Å². The van der Waals surface area contributed by atoms with E-state index in [9.17, 15) is 4.79 Å². The summed E-state index contributed by atoms with van der Waals surface area (Å²) in [6.07, 6.45) is 0.871. The zero-order valence-corrected chi connectivity index (χ0v) is 9.42. The first-order valence-corrected chi connectivity index (χ1v) is 5.50. The molecule has 1 heterocycles. The fourth-order valence-corrected chi connectivity index (χ4v) is 2.22. The lowest BCUT2D eigenvalue weighted by atomic mass is 9.84. The number of benzene rings is 1. The molecule has 2 amide bonds. The zero-order valence-electron chi connectivity index (χ0n) is 9.42. The van der Waals surface area contributed by atoms with Gasteiger partial charge in [-0.3, -0.25) is 0 Å². The third kappa shape index (κ3) is 1.88. The van der Waals surface area contributed by atoms with E-state index in [-0.39, 0.29) is 11.6 Å². The van der Waals surface area contributed by atoms with Crippen molar-refractivity contribution in [3.05, 3.63) is 35.4 Å². The minimum atomic E-state index is -0.307. The van der Waals surface area contributed by atoms with Gasteiger partial charge in [-0.1, -0.05) is 24.3 Å². The molecule has 2 rings (SSSR count). The Bertz CT molecular complexity index is 405. The van der Waals surface area contributed by atoms with Gasteiger partial charge in [0.05, 0.1) is 5.54 Å². The molecule has 0 aliphatic carbocycles. The minimum absolute atomic E-state index is 0.111. The molecule has 1 aromatic carbocycles. The van der Waals surface area contributed by atoms with Crippen LogP contribution in [-0.2, 0) is 12.1 Å². The van der Waals surface area contributed by atoms with Crippen molar-refractivity contribution in [2.75, 3.05) is 6.54 Å². The van der Waals surface area contributed by atoms with Crippen LogP contribution in [0.1, 0.15) is 24.5 Å². The summed E-state index contributed by atoms with van der Waals surface area (Å²) in [6, 6.07) is 7.88. The maximum Gasteiger partial charge on any atom is 0.315 e. The van der Waals surface area contributed by atoms with Crippen molar-refractivity contribution in [1.82, 2.24) is 10.6 Å². The highest BCUT2D eigenvalue weighted by atomic mass is 16.2. The number of urea groups is 1. The third-order valence-electron chi connectivity index (χ3n) is 3.13. The normalized spacial score (nSPS) is 24.8. The maximum absolute atomic E-state index is 11.4. The molecule has 4 N–H and O–H groups in total. The number of amides is 2. The number of carbonyl (C=O) groups is 1. The van der Waals surface area contributed by atoms with Gasteiger partial charge in [0.1, 0.15) is 0 Å². The molecular formula is C12H17N3O. The molecule has 1 unspecified atom stereocenters. The Hall–Kier alpha value is -1.55. The molecule has 0 radical (unpaired) electrons. The summed E-state index contributed by atoms with van der Waals surface area (Å²) in [5.74, 6) is 0. The average Bonchev–Trinajstić information content (AvgIpc) is 2.29. The largest absolute Gasteiger partial charge is 0.338 e. The lowest BCUT2D eigenvalue weighted by Gasteiger charge is -2.36. The topological polar surface area (TPSA) is 67.1 Å². The van der Waals surface area contributed by atoms with Crippen LogP contribution in [0.25, 0.3) is 0 Å². The van der Waals surface area contributed by atoms with E-state index in [0.717, 1.165) is 17.5 Å². The quantitative estimate of drug-likeness (QED) is 0.696. The second-order valence-electron chi connectivity index (χ2n) is 4.32. The van der Waals surface area contributed by atoms with Crippen LogP contribution in [0.4, 0.5) is 4.79 Å². The fourth-order valence-electron chi connectivity index (χ4n) is 2.22. The predicted molar refractivity (Wildman–Crippen MR) is 62.8 cm³/mol. The lowest BCUT2D eigenvalue weighted by molar-refractivity contribution is 0.211. The Balaban J connectivity index is 2.37. The van der Waals surface area contributed by atoms with Crippen LogP contribution in [-0.4, -0.2) is 12.6 Å². The molecule has 1 aliphatic heterocycles. The SMILES string of the molecule is CC1(c2ccccc2CN)CCNC(=O)N1. The highest BCUT2D eigenvalue weighted by Gasteiger charge is 2.32. The summed E-state index contributed by atoms with van der Waals surface area (Å²) in [5, 5.41) is 5.74. The van der Waals surface area contributed by atoms with E-state index in [2.05, 4.69) is 10.6 Å². The Morgan fingerprint density at radius 1 is 1.44 bits per heavy atom. The predicted octanol–water partition coefficient (Wildman–Crippen LogP) is 1.06. The number of hydrogen-bond acceptors (Lipinski definition) is 2. The van der Waals surface area contributed by atoms with E-state index < -0.39 is 0 Å². The van der Waals surface area contributed by atoms with Gasteiger partial charge in [-0.2, -0.15) is 0 Å². The second-order valence-corrected chi connectivity index (χ2v) is 4.32. The maximum atomic E-state index is 11.4. The molecule has 1 aliphatic rings. The van der Waals surface area contributed by atoms with Gasteiger partial charge in [-0.05, 0) is 24.5 Å². The van der Waals surface area contributed by atoms with Crippen LogP contribution in [0, 0.1) is 0 Å². The van der Waals surface area contributed by atoms with E-state index in [1.54, 1.807) is 0 Å². The van der Waals surface area contributed by atoms with Gasteiger partial charge in [0.2, 0.25) is 0 Å². The van der Waals surface area contributed by atoms with Gasteiger partial charge in [0, 0.05) is 13.1 Å². The first-order valence-electron chi connectivity index (χ1n) is 5.50. The molecular weight excluding hydrogens is 202 g/mol. The summed E-state index contributed by atoms with van der Waals surface area (Å²) in [6.45, 7) is 3.23. The Kier molecular flexibility index (Phi) is 2.83. The highest BCUT2D eigenvalue weighted by molar-refractivity contribution is 5.76. The number of nitrogens with two attached hydrogens (primary N) is 1. The number of nitrogens with one attached hydrogen (secondary N) is 2. The van der Waals surface area contributed by atoms with Crippen molar-refractivity contribution in [2.24, 2.45) is 5.73 Å². The van der Waals surface area contributed by atoms with E-state index in [1.165, 1.54) is 0 Å². The van der Waals surface area contributed by atoms with E-state index in [4.69, 9.17) is 5.73 Å². The molecule has 0 bridgehead atoms. The molecule has 86 valence electrons. The molecule has 1 aromatic rings. The number of rotatable bonds is 2. The molecule has 16 heavy (non-hydrogen) atoms. The third-order valence-corrected chi connectivity index (χ3v) is 3.13. The van der Waals surface area contributed by atoms with Crippen LogP contribution >= 0.6 is 0 Å². The van der Waals surface area contributed by atoms with Gasteiger partial charge in [0.25, 0.3) is 0 Å². The monoisotopic (exact) mass is 219 g/mol. The van der Waals surface area contributed by atoms with Gasteiger partial charge in [-0.15, -0.1) is 0 Å². The van der Waals surface area contributed by atoms with Crippen LogP contribution < -0.4 is 16.4 Å². The molecule has 0 saturated carbocycles. The van der Waals surface area contributed by atoms with Crippen molar-refractivity contribution in [3.63, 3.8) is 0 Å². The summed E-state index contributed by atoms with van der Waals surface area (Å²) < 4.78 is 0. The fraction of sp³-hybridized carbons (Fsp3) is 0.417. The lowest BCUT2D eigenvalue weighted by Crippen LogP contribution is -2.55. The minimum Gasteiger partial charge on any atom is -0.338 e. The van der Waals surface area contributed by atoms with Gasteiger partial charge >= 0.3 is 6.03 Å². The summed E-state index contributed by atoms with van der Waals surface area (Å²) in [4.78, 5) is 11.4. The smallest absolute Gasteiger partial charge is 0.315 e. The van der Waals surface area contributed by atoms with E-state index >= 15 is 0 Å². The molecule has 4 heteroatoms. The van der Waals surface area contributed by atoms with Crippen LogP contribution in [0.2, 0.25) is 0 Å². The van der Waals surface area contributed by atoms with Crippen LogP contribution in [0.15, 0.2) is 24.3 Å². The van der Waals surface area contributed by atoms with Gasteiger partial charge in [-0.25, -0.2) is 4.79 Å². The standard InChI is InChI=1S/C12H17N3O/c1-12(6-7-14-11(16)15-12)10-5-3-2-4-9(10)8-13/h2-5H,6-8,13H2,1H3,(H2,14,15,16). The summed E-state index contributed by atoms with van der Waals surface area (Å²) in [7, 11) is 0. The Labute approximate surface area is 95.2 Å². The molecule has 1 atom stereocenters. The van der Waals surface area contributed by atoms with E-state index in [1.807, 2.05) is 31.2 Å². The number of carbonyl (C=O) groups excluding carboxylic acids is 1. The number of hydrogen-bond donors (Lipinski definition) is 3. The first kappa shape index (κ1) is 11.0.